The van der Waals surface area contributed by atoms with Crippen LogP contribution in [0.5, 0.6) is 11.5 Å². The van der Waals surface area contributed by atoms with Gasteiger partial charge in [-0.2, -0.15) is 5.26 Å². The van der Waals surface area contributed by atoms with Gasteiger partial charge < -0.3 is 19.2 Å². The number of nitriles is 1. The molecule has 0 unspecified atom stereocenters. The number of amides is 1. The van der Waals surface area contributed by atoms with Gasteiger partial charge in [0.15, 0.2) is 11.5 Å². The first-order valence-corrected chi connectivity index (χ1v) is 8.10. The predicted molar refractivity (Wildman–Crippen MR) is 97.4 cm³/mol. The molecule has 0 saturated heterocycles. The molecule has 1 aromatic heterocycles. The van der Waals surface area contributed by atoms with Crippen LogP contribution in [-0.4, -0.2) is 19.1 Å². The van der Waals surface area contributed by atoms with E-state index in [2.05, 4.69) is 11.9 Å². The van der Waals surface area contributed by atoms with Crippen molar-refractivity contribution in [1.82, 2.24) is 5.32 Å². The summed E-state index contributed by atoms with van der Waals surface area (Å²) in [5.41, 5.74) is 0.642. The standard InChI is InChI=1S/C20H20N2O4/c1-3-9-26-18-8-7-15(12-19(18)24-4-2)11-16(13-21)20(23)22-14-17-6-5-10-25-17/h3,5-8,10-12H,1,4,9,14H2,2H3,(H,22,23)/b16-11+. The van der Waals surface area contributed by atoms with Crippen molar-refractivity contribution < 1.29 is 18.7 Å². The van der Waals surface area contributed by atoms with Crippen LogP contribution >= 0.6 is 0 Å². The number of carbonyl (C=O) groups is 1. The Morgan fingerprint density at radius 1 is 1.35 bits per heavy atom. The maximum atomic E-state index is 12.2. The van der Waals surface area contributed by atoms with E-state index in [1.807, 2.05) is 13.0 Å². The fraction of sp³-hybridized carbons (Fsp3) is 0.200. The first kappa shape index (κ1) is 18.9. The molecule has 1 N–H and O–H groups in total. The van der Waals surface area contributed by atoms with Crippen LogP contribution in [0.3, 0.4) is 0 Å². The molecule has 2 aromatic rings. The van der Waals surface area contributed by atoms with Crippen molar-refractivity contribution in [3.63, 3.8) is 0 Å². The Kier molecular flexibility index (Phi) is 7.07. The molecule has 0 bridgehead atoms. The van der Waals surface area contributed by atoms with Gasteiger partial charge in [-0.15, -0.1) is 0 Å². The van der Waals surface area contributed by atoms with Gasteiger partial charge in [-0.25, -0.2) is 0 Å². The summed E-state index contributed by atoms with van der Waals surface area (Å²) in [6.45, 7) is 6.51. The molecule has 0 aliphatic heterocycles. The lowest BCUT2D eigenvalue weighted by atomic mass is 10.1. The highest BCUT2D eigenvalue weighted by Gasteiger charge is 2.11. The van der Waals surface area contributed by atoms with E-state index in [0.29, 0.717) is 36.0 Å². The lowest BCUT2D eigenvalue weighted by Gasteiger charge is -2.11. The molecule has 0 fully saturated rings. The minimum Gasteiger partial charge on any atom is -0.490 e. The normalized spacial score (nSPS) is 10.7. The summed E-state index contributed by atoms with van der Waals surface area (Å²) in [4.78, 5) is 12.2. The van der Waals surface area contributed by atoms with Crippen LogP contribution in [0, 0.1) is 11.3 Å². The Morgan fingerprint density at radius 2 is 2.19 bits per heavy atom. The predicted octanol–water partition coefficient (Wildman–Crippen LogP) is 3.47. The smallest absolute Gasteiger partial charge is 0.262 e. The number of furan rings is 1. The molecule has 1 heterocycles. The molecule has 1 aromatic carbocycles. The van der Waals surface area contributed by atoms with Crippen LogP contribution < -0.4 is 14.8 Å². The average Bonchev–Trinajstić information content (AvgIpc) is 3.17. The highest BCUT2D eigenvalue weighted by molar-refractivity contribution is 6.01. The molecule has 0 aliphatic rings. The van der Waals surface area contributed by atoms with Gasteiger partial charge in [0.2, 0.25) is 0 Å². The van der Waals surface area contributed by atoms with E-state index in [0.717, 1.165) is 0 Å². The molecule has 134 valence electrons. The number of nitrogens with one attached hydrogen (secondary N) is 1. The maximum Gasteiger partial charge on any atom is 0.262 e. The van der Waals surface area contributed by atoms with Crippen LogP contribution in [0.4, 0.5) is 0 Å². The van der Waals surface area contributed by atoms with E-state index >= 15 is 0 Å². The minimum absolute atomic E-state index is 0.0150. The van der Waals surface area contributed by atoms with Gasteiger partial charge in [0.1, 0.15) is 24.0 Å². The Morgan fingerprint density at radius 3 is 2.85 bits per heavy atom. The third-order valence-corrected chi connectivity index (χ3v) is 3.30. The molecule has 0 radical (unpaired) electrons. The fourth-order valence-electron chi connectivity index (χ4n) is 2.14. The Bertz CT molecular complexity index is 817. The second-order valence-corrected chi connectivity index (χ2v) is 5.17. The van der Waals surface area contributed by atoms with Gasteiger partial charge in [0, 0.05) is 0 Å². The first-order chi connectivity index (χ1) is 12.7. The zero-order valence-electron chi connectivity index (χ0n) is 14.5. The molecular weight excluding hydrogens is 332 g/mol. The van der Waals surface area contributed by atoms with Crippen molar-refractivity contribution >= 4 is 12.0 Å². The summed E-state index contributed by atoms with van der Waals surface area (Å²) < 4.78 is 16.2. The van der Waals surface area contributed by atoms with Crippen LogP contribution in [-0.2, 0) is 11.3 Å². The zero-order chi connectivity index (χ0) is 18.8. The molecule has 0 aliphatic carbocycles. The van der Waals surface area contributed by atoms with E-state index in [1.165, 1.54) is 12.3 Å². The summed E-state index contributed by atoms with van der Waals surface area (Å²) in [5.74, 6) is 1.24. The third kappa shape index (κ3) is 5.28. The molecule has 1 amide bonds. The quantitative estimate of drug-likeness (QED) is 0.424. The number of benzene rings is 1. The highest BCUT2D eigenvalue weighted by atomic mass is 16.5. The summed E-state index contributed by atoms with van der Waals surface area (Å²) in [7, 11) is 0. The monoisotopic (exact) mass is 352 g/mol. The molecule has 0 spiro atoms. The molecule has 6 heteroatoms. The van der Waals surface area contributed by atoms with Crippen molar-refractivity contribution in [3.05, 3.63) is 66.1 Å². The number of ether oxygens (including phenoxy) is 2. The van der Waals surface area contributed by atoms with Gasteiger partial charge in [-0.05, 0) is 42.8 Å². The topological polar surface area (TPSA) is 84.5 Å². The van der Waals surface area contributed by atoms with Crippen molar-refractivity contribution in [1.29, 1.82) is 5.26 Å². The van der Waals surface area contributed by atoms with E-state index < -0.39 is 5.91 Å². The fourth-order valence-corrected chi connectivity index (χ4v) is 2.14. The van der Waals surface area contributed by atoms with E-state index in [1.54, 1.807) is 36.4 Å². The Labute approximate surface area is 152 Å². The summed E-state index contributed by atoms with van der Waals surface area (Å²) in [5, 5.41) is 11.9. The van der Waals surface area contributed by atoms with Gasteiger partial charge in [-0.1, -0.05) is 18.7 Å². The van der Waals surface area contributed by atoms with Crippen LogP contribution in [0.1, 0.15) is 18.2 Å². The largest absolute Gasteiger partial charge is 0.490 e. The zero-order valence-corrected chi connectivity index (χ0v) is 14.5. The minimum atomic E-state index is -0.478. The Hall–Kier alpha value is -3.46. The number of carbonyl (C=O) groups excluding carboxylic acids is 1. The lowest BCUT2D eigenvalue weighted by molar-refractivity contribution is -0.117. The van der Waals surface area contributed by atoms with Crippen LogP contribution in [0.25, 0.3) is 6.08 Å². The summed E-state index contributed by atoms with van der Waals surface area (Å²) in [6, 6.07) is 10.6. The molecule has 0 atom stereocenters. The first-order valence-electron chi connectivity index (χ1n) is 8.10. The number of nitrogens with zero attached hydrogens (tertiary/aromatic N) is 1. The number of hydrogen-bond acceptors (Lipinski definition) is 5. The van der Waals surface area contributed by atoms with Gasteiger partial charge in [-0.3, -0.25) is 4.79 Å². The van der Waals surface area contributed by atoms with Crippen molar-refractivity contribution in [2.75, 3.05) is 13.2 Å². The molecule has 26 heavy (non-hydrogen) atoms. The van der Waals surface area contributed by atoms with E-state index in [9.17, 15) is 10.1 Å². The van der Waals surface area contributed by atoms with Crippen LogP contribution in [0.15, 0.2) is 59.2 Å². The SMILES string of the molecule is C=CCOc1ccc(/C=C(\C#N)C(=O)NCc2ccco2)cc1OCC. The number of hydrogen-bond donors (Lipinski definition) is 1. The maximum absolute atomic E-state index is 12.2. The summed E-state index contributed by atoms with van der Waals surface area (Å²) in [6.07, 6.45) is 4.66. The van der Waals surface area contributed by atoms with Crippen molar-refractivity contribution in [2.45, 2.75) is 13.5 Å². The molecule has 6 nitrogen and oxygen atoms in total. The van der Waals surface area contributed by atoms with Crippen molar-refractivity contribution in [3.8, 4) is 17.6 Å². The second kappa shape index (κ2) is 9.74. The lowest BCUT2D eigenvalue weighted by Crippen LogP contribution is -2.23. The Balaban J connectivity index is 2.15. The van der Waals surface area contributed by atoms with Gasteiger partial charge >= 0.3 is 0 Å². The van der Waals surface area contributed by atoms with Crippen molar-refractivity contribution in [2.24, 2.45) is 0 Å². The van der Waals surface area contributed by atoms with Gasteiger partial charge in [0.25, 0.3) is 5.91 Å². The third-order valence-electron chi connectivity index (χ3n) is 3.30. The van der Waals surface area contributed by atoms with E-state index in [4.69, 9.17) is 13.9 Å². The second-order valence-electron chi connectivity index (χ2n) is 5.17. The van der Waals surface area contributed by atoms with Crippen LogP contribution in [0.2, 0.25) is 0 Å². The molecule has 2 rings (SSSR count). The number of rotatable bonds is 9. The molecular formula is C20H20N2O4. The molecule has 0 saturated carbocycles. The summed E-state index contributed by atoms with van der Waals surface area (Å²) >= 11 is 0. The van der Waals surface area contributed by atoms with Gasteiger partial charge in [0.05, 0.1) is 19.4 Å². The highest BCUT2D eigenvalue weighted by Crippen LogP contribution is 2.29. The average molecular weight is 352 g/mol. The van der Waals surface area contributed by atoms with E-state index in [-0.39, 0.29) is 12.1 Å².